The number of unbranched alkanes of at least 4 members (excludes halogenated alkanes) is 1. The van der Waals surface area contributed by atoms with Gasteiger partial charge in [0.25, 0.3) is 0 Å². The first-order chi connectivity index (χ1) is 18.4. The van der Waals surface area contributed by atoms with E-state index in [1.807, 2.05) is 42.2 Å². The molecule has 2 unspecified atom stereocenters. The van der Waals surface area contributed by atoms with E-state index in [1.54, 1.807) is 33.7 Å². The quantitative estimate of drug-likeness (QED) is 0.289. The number of hydrogen-bond acceptors (Lipinski definition) is 5. The molecule has 3 saturated heterocycles. The summed E-state index contributed by atoms with van der Waals surface area (Å²) in [6.07, 6.45) is 7.05. The lowest BCUT2D eigenvalue weighted by Gasteiger charge is -2.37. The average Bonchev–Trinajstić information content (AvgIpc) is 3.56. The van der Waals surface area contributed by atoms with E-state index < -0.39 is 22.6 Å². The van der Waals surface area contributed by atoms with Crippen molar-refractivity contribution in [3.8, 4) is 0 Å². The van der Waals surface area contributed by atoms with Gasteiger partial charge >= 0.3 is 0 Å². The second-order valence-corrected chi connectivity index (χ2v) is 12.2. The molecule has 0 aliphatic carbocycles. The number of amides is 3. The zero-order valence-corrected chi connectivity index (χ0v) is 23.3. The van der Waals surface area contributed by atoms with Crippen molar-refractivity contribution in [3.05, 3.63) is 61.2 Å². The van der Waals surface area contributed by atoms with Crippen LogP contribution >= 0.6 is 11.8 Å². The molecule has 1 aromatic carbocycles. The van der Waals surface area contributed by atoms with Crippen molar-refractivity contribution >= 4 is 29.5 Å². The number of aliphatic hydroxyl groups excluding tert-OH is 1. The van der Waals surface area contributed by atoms with Gasteiger partial charge in [0.2, 0.25) is 17.7 Å². The van der Waals surface area contributed by atoms with Crippen molar-refractivity contribution in [2.75, 3.05) is 32.8 Å². The van der Waals surface area contributed by atoms with Gasteiger partial charge in [-0.05, 0) is 37.7 Å². The smallest absolute Gasteiger partial charge is 0.247 e. The number of fused-ring (bicyclic) bond motifs is 1. The minimum absolute atomic E-state index is 0.0137. The predicted molar refractivity (Wildman–Crippen MR) is 151 cm³/mol. The lowest BCUT2D eigenvalue weighted by atomic mass is 9.70. The van der Waals surface area contributed by atoms with Crippen molar-refractivity contribution in [2.24, 2.45) is 11.8 Å². The largest absolute Gasteiger partial charge is 0.396 e. The molecule has 5 atom stereocenters. The Hall–Kier alpha value is -2.58. The Bertz CT molecular complexity index is 1030. The number of carbonyl (C=O) groups excluding carboxylic acids is 3. The van der Waals surface area contributed by atoms with Crippen LogP contribution in [0.2, 0.25) is 0 Å². The molecule has 8 heteroatoms. The third kappa shape index (κ3) is 5.17. The Balaban J connectivity index is 1.69. The van der Waals surface area contributed by atoms with Gasteiger partial charge in [-0.25, -0.2) is 0 Å². The van der Waals surface area contributed by atoms with Crippen LogP contribution in [0.1, 0.15) is 44.6 Å². The molecule has 2 bridgehead atoms. The van der Waals surface area contributed by atoms with Crippen LogP contribution in [0.25, 0.3) is 0 Å². The van der Waals surface area contributed by atoms with Gasteiger partial charge in [0.1, 0.15) is 6.04 Å². The molecule has 3 aliphatic heterocycles. The molecule has 7 nitrogen and oxygen atoms in total. The van der Waals surface area contributed by atoms with Gasteiger partial charge in [-0.2, -0.15) is 0 Å². The highest BCUT2D eigenvalue weighted by Crippen LogP contribution is 2.66. The SMILES string of the molecule is C=CCN(Cc1ccccc1)C(=O)C1N(CCCCO)C(=O)[C@@H]2[C@H](C(=O)N(CC=C)CCC)[C@@H]3CCC12S3. The number of benzene rings is 1. The van der Waals surface area contributed by atoms with Gasteiger partial charge in [-0.3, -0.25) is 14.4 Å². The van der Waals surface area contributed by atoms with Gasteiger partial charge in [-0.15, -0.1) is 24.9 Å². The number of aliphatic hydroxyl groups is 1. The lowest BCUT2D eigenvalue weighted by molar-refractivity contribution is -0.144. The fourth-order valence-electron chi connectivity index (χ4n) is 6.64. The summed E-state index contributed by atoms with van der Waals surface area (Å²) in [4.78, 5) is 47.8. The molecule has 0 aromatic heterocycles. The molecule has 1 N–H and O–H groups in total. The normalized spacial score (nSPS) is 27.3. The van der Waals surface area contributed by atoms with E-state index in [4.69, 9.17) is 0 Å². The van der Waals surface area contributed by atoms with E-state index in [0.29, 0.717) is 45.6 Å². The van der Waals surface area contributed by atoms with Crippen molar-refractivity contribution in [3.63, 3.8) is 0 Å². The van der Waals surface area contributed by atoms with E-state index in [-0.39, 0.29) is 29.6 Å². The van der Waals surface area contributed by atoms with Crippen LogP contribution in [0, 0.1) is 11.8 Å². The lowest BCUT2D eigenvalue weighted by Crippen LogP contribution is -2.55. The molecule has 3 aliphatic rings. The number of thioether (sulfide) groups is 1. The molecule has 1 spiro atoms. The summed E-state index contributed by atoms with van der Waals surface area (Å²) in [7, 11) is 0. The Morgan fingerprint density at radius 2 is 1.84 bits per heavy atom. The molecule has 3 fully saturated rings. The van der Waals surface area contributed by atoms with Crippen LogP contribution in [-0.4, -0.2) is 86.4 Å². The first-order valence-electron chi connectivity index (χ1n) is 13.9. The van der Waals surface area contributed by atoms with Crippen LogP contribution in [-0.2, 0) is 20.9 Å². The van der Waals surface area contributed by atoms with Crippen molar-refractivity contribution in [2.45, 2.75) is 61.6 Å². The molecule has 38 heavy (non-hydrogen) atoms. The zero-order valence-electron chi connectivity index (χ0n) is 22.5. The molecular formula is C30H41N3O4S. The first kappa shape index (κ1) is 28.4. The van der Waals surface area contributed by atoms with Crippen LogP contribution < -0.4 is 0 Å². The van der Waals surface area contributed by atoms with Crippen molar-refractivity contribution in [1.82, 2.24) is 14.7 Å². The van der Waals surface area contributed by atoms with Gasteiger partial charge in [0.15, 0.2) is 0 Å². The molecule has 3 heterocycles. The highest BCUT2D eigenvalue weighted by Gasteiger charge is 2.73. The third-order valence-electron chi connectivity index (χ3n) is 8.16. The Labute approximate surface area is 230 Å². The number of likely N-dealkylation sites (tertiary alicyclic amines) is 1. The highest BCUT2D eigenvalue weighted by molar-refractivity contribution is 8.02. The number of carbonyl (C=O) groups is 3. The molecule has 1 aromatic rings. The minimum Gasteiger partial charge on any atom is -0.396 e. The summed E-state index contributed by atoms with van der Waals surface area (Å²) in [5, 5.41) is 9.43. The average molecular weight is 540 g/mol. The van der Waals surface area contributed by atoms with Crippen LogP contribution in [0.15, 0.2) is 55.6 Å². The second-order valence-electron chi connectivity index (χ2n) is 10.6. The van der Waals surface area contributed by atoms with Gasteiger partial charge in [0, 0.05) is 44.6 Å². The number of hydrogen-bond donors (Lipinski definition) is 1. The molecule has 0 saturated carbocycles. The summed E-state index contributed by atoms with van der Waals surface area (Å²) in [6.45, 7) is 12.1. The van der Waals surface area contributed by atoms with Gasteiger partial charge in [-0.1, -0.05) is 49.4 Å². The fraction of sp³-hybridized carbons (Fsp3) is 0.567. The molecular weight excluding hydrogens is 498 g/mol. The maximum absolute atomic E-state index is 14.4. The highest BCUT2D eigenvalue weighted by atomic mass is 32.2. The van der Waals surface area contributed by atoms with Crippen LogP contribution in [0.4, 0.5) is 0 Å². The summed E-state index contributed by atoms with van der Waals surface area (Å²) in [6, 6.07) is 9.22. The maximum Gasteiger partial charge on any atom is 0.247 e. The molecule has 4 rings (SSSR count). The monoisotopic (exact) mass is 539 g/mol. The predicted octanol–water partition coefficient (Wildman–Crippen LogP) is 3.49. The summed E-state index contributed by atoms with van der Waals surface area (Å²) in [5.74, 6) is -1.07. The Morgan fingerprint density at radius 1 is 1.13 bits per heavy atom. The van der Waals surface area contributed by atoms with E-state index >= 15 is 0 Å². The van der Waals surface area contributed by atoms with Crippen molar-refractivity contribution < 1.29 is 19.5 Å². The number of nitrogens with zero attached hydrogens (tertiary/aromatic N) is 3. The fourth-order valence-corrected chi connectivity index (χ4v) is 8.85. The van der Waals surface area contributed by atoms with Gasteiger partial charge < -0.3 is 19.8 Å². The van der Waals surface area contributed by atoms with E-state index in [0.717, 1.165) is 24.8 Å². The topological polar surface area (TPSA) is 81.2 Å². The molecule has 0 radical (unpaired) electrons. The standard InChI is InChI=1S/C30H41N3O4S/c1-4-16-31(17-5-2)27(35)24-23-14-15-30(38-23)25(24)28(36)33(19-10-11-20-34)26(30)29(37)32(18-6-3)21-22-12-8-7-9-13-22/h4,6-9,12-13,23-26,34H,1,3,5,10-11,14-21H2,2H3/t23-,24+,25-,26?,30?/m0/s1. The molecule has 3 amide bonds. The Kier molecular flexibility index (Phi) is 9.36. The summed E-state index contributed by atoms with van der Waals surface area (Å²) >= 11 is 1.71. The summed E-state index contributed by atoms with van der Waals surface area (Å²) < 4.78 is -0.611. The minimum atomic E-state index is -0.630. The van der Waals surface area contributed by atoms with E-state index in [2.05, 4.69) is 13.2 Å². The van der Waals surface area contributed by atoms with Crippen LogP contribution in [0.3, 0.4) is 0 Å². The Morgan fingerprint density at radius 3 is 2.50 bits per heavy atom. The maximum atomic E-state index is 14.4. The zero-order chi connectivity index (χ0) is 27.3. The van der Waals surface area contributed by atoms with Crippen molar-refractivity contribution in [1.29, 1.82) is 0 Å². The van der Waals surface area contributed by atoms with Crippen LogP contribution in [0.5, 0.6) is 0 Å². The number of rotatable bonds is 14. The third-order valence-corrected chi connectivity index (χ3v) is 10.1. The summed E-state index contributed by atoms with van der Waals surface area (Å²) in [5.41, 5.74) is 1.02. The first-order valence-corrected chi connectivity index (χ1v) is 14.7. The van der Waals surface area contributed by atoms with Gasteiger partial charge in [0.05, 0.1) is 16.6 Å². The second kappa shape index (κ2) is 12.5. The molecule has 206 valence electrons. The van der Waals surface area contributed by atoms with E-state index in [9.17, 15) is 19.5 Å². The van der Waals surface area contributed by atoms with E-state index in [1.165, 1.54) is 0 Å².